The van der Waals surface area contributed by atoms with Gasteiger partial charge < -0.3 is 4.74 Å². The van der Waals surface area contributed by atoms with Crippen molar-refractivity contribution in [2.24, 2.45) is 0 Å². The van der Waals surface area contributed by atoms with Crippen LogP contribution in [0.25, 0.3) is 0 Å². The van der Waals surface area contributed by atoms with Crippen molar-refractivity contribution in [2.45, 2.75) is 30.1 Å². The first kappa shape index (κ1) is 23.2. The molecule has 14 heteroatoms. The van der Waals surface area contributed by atoms with E-state index in [1.807, 2.05) is 5.32 Å². The Balaban J connectivity index is 1.62. The molecule has 4 amide bonds. The first-order valence-corrected chi connectivity index (χ1v) is 11.1. The van der Waals surface area contributed by atoms with E-state index >= 15 is 0 Å². The van der Waals surface area contributed by atoms with Crippen molar-refractivity contribution < 1.29 is 45.5 Å². The van der Waals surface area contributed by atoms with Crippen LogP contribution in [0.2, 0.25) is 0 Å². The largest absolute Gasteiger partial charge is 0.573 e. The Bertz CT molecular complexity index is 1340. The van der Waals surface area contributed by atoms with Gasteiger partial charge in [0.05, 0.1) is 11.1 Å². The number of imide groups is 2. The van der Waals surface area contributed by atoms with Crippen LogP contribution in [0, 0.1) is 0 Å². The molecule has 2 aromatic carbocycles. The van der Waals surface area contributed by atoms with Gasteiger partial charge in [0.1, 0.15) is 16.7 Å². The predicted octanol–water partition coefficient (Wildman–Crippen LogP) is 1.79. The average Bonchev–Trinajstić information content (AvgIpc) is 2.97. The highest BCUT2D eigenvalue weighted by molar-refractivity contribution is 7.92. The van der Waals surface area contributed by atoms with Gasteiger partial charge in [0.25, 0.3) is 21.8 Å². The molecule has 34 heavy (non-hydrogen) atoms. The lowest BCUT2D eigenvalue weighted by Crippen LogP contribution is -2.54. The summed E-state index contributed by atoms with van der Waals surface area (Å²) in [6, 6.07) is 6.19. The second-order valence-electron chi connectivity index (χ2n) is 7.31. The third kappa shape index (κ3) is 4.31. The van der Waals surface area contributed by atoms with Crippen molar-refractivity contribution in [2.75, 3.05) is 4.72 Å². The SMILES string of the molecule is O=C1CCC(N2C(=O)c3ccc(NS(=O)(=O)c4ccccc4OC(F)(F)F)cc3C2=O)C(=O)N1. The van der Waals surface area contributed by atoms with Gasteiger partial charge in [0.2, 0.25) is 11.8 Å². The number of carbonyl (C=O) groups is 4. The molecule has 2 aliphatic heterocycles. The second kappa shape index (κ2) is 8.13. The van der Waals surface area contributed by atoms with Crippen LogP contribution in [0.15, 0.2) is 47.4 Å². The molecule has 1 saturated heterocycles. The van der Waals surface area contributed by atoms with Gasteiger partial charge >= 0.3 is 6.36 Å². The Kier molecular flexibility index (Phi) is 5.55. The number of amides is 4. The lowest BCUT2D eigenvalue weighted by molar-refractivity contribution is -0.275. The highest BCUT2D eigenvalue weighted by Crippen LogP contribution is 2.33. The monoisotopic (exact) mass is 497 g/mol. The molecular weight excluding hydrogens is 483 g/mol. The maximum absolute atomic E-state index is 12.9. The quantitative estimate of drug-likeness (QED) is 0.601. The van der Waals surface area contributed by atoms with Gasteiger partial charge in [-0.1, -0.05) is 12.1 Å². The lowest BCUT2D eigenvalue weighted by Gasteiger charge is -2.27. The van der Waals surface area contributed by atoms with E-state index in [2.05, 4.69) is 9.46 Å². The molecule has 2 aromatic rings. The molecule has 2 N–H and O–H groups in total. The van der Waals surface area contributed by atoms with E-state index in [1.54, 1.807) is 0 Å². The first-order valence-electron chi connectivity index (χ1n) is 9.60. The third-order valence-corrected chi connectivity index (χ3v) is 6.48. The van der Waals surface area contributed by atoms with E-state index in [9.17, 15) is 40.8 Å². The summed E-state index contributed by atoms with van der Waals surface area (Å²) in [6.07, 6.45) is -5.27. The topological polar surface area (TPSA) is 139 Å². The molecule has 0 aliphatic carbocycles. The van der Waals surface area contributed by atoms with E-state index in [0.29, 0.717) is 4.90 Å². The van der Waals surface area contributed by atoms with Crippen molar-refractivity contribution in [1.29, 1.82) is 0 Å². The van der Waals surface area contributed by atoms with Gasteiger partial charge in [-0.2, -0.15) is 0 Å². The number of nitrogens with zero attached hydrogens (tertiary/aromatic N) is 1. The Morgan fingerprint density at radius 1 is 1.00 bits per heavy atom. The summed E-state index contributed by atoms with van der Waals surface area (Å²) in [5.41, 5.74) is -0.528. The minimum atomic E-state index is -5.13. The molecule has 1 fully saturated rings. The average molecular weight is 497 g/mol. The van der Waals surface area contributed by atoms with E-state index < -0.39 is 56.7 Å². The third-order valence-electron chi connectivity index (χ3n) is 5.06. The molecule has 0 spiro atoms. The zero-order chi connectivity index (χ0) is 24.8. The van der Waals surface area contributed by atoms with E-state index in [4.69, 9.17) is 0 Å². The van der Waals surface area contributed by atoms with Crippen LogP contribution >= 0.6 is 0 Å². The van der Waals surface area contributed by atoms with Crippen LogP contribution in [0.1, 0.15) is 33.6 Å². The van der Waals surface area contributed by atoms with Crippen molar-refractivity contribution in [3.05, 3.63) is 53.6 Å². The van der Waals surface area contributed by atoms with Gasteiger partial charge in [0, 0.05) is 12.1 Å². The Labute approximate surface area is 189 Å². The number of hydrogen-bond donors (Lipinski definition) is 2. The van der Waals surface area contributed by atoms with Gasteiger partial charge in [-0.3, -0.25) is 34.1 Å². The summed E-state index contributed by atoms with van der Waals surface area (Å²) in [7, 11) is -4.60. The number of piperidine rings is 1. The van der Waals surface area contributed by atoms with E-state index in [0.717, 1.165) is 36.4 Å². The molecule has 0 radical (unpaired) electrons. The fourth-order valence-electron chi connectivity index (χ4n) is 3.63. The van der Waals surface area contributed by atoms with Gasteiger partial charge in [-0.05, 0) is 36.8 Å². The number of carbonyl (C=O) groups excluding carboxylic acids is 4. The second-order valence-corrected chi connectivity index (χ2v) is 8.96. The van der Waals surface area contributed by atoms with Crippen LogP contribution in [0.3, 0.4) is 0 Å². The molecule has 2 aliphatic rings. The van der Waals surface area contributed by atoms with E-state index in [-0.39, 0.29) is 29.7 Å². The number of nitrogens with one attached hydrogen (secondary N) is 2. The fourth-order valence-corrected chi connectivity index (χ4v) is 4.81. The number of benzene rings is 2. The Morgan fingerprint density at radius 3 is 2.35 bits per heavy atom. The maximum Gasteiger partial charge on any atom is 0.573 e. The highest BCUT2D eigenvalue weighted by atomic mass is 32.2. The van der Waals surface area contributed by atoms with Gasteiger partial charge in [-0.25, -0.2) is 8.42 Å². The summed E-state index contributed by atoms with van der Waals surface area (Å²) >= 11 is 0. The molecule has 10 nitrogen and oxygen atoms in total. The maximum atomic E-state index is 12.9. The predicted molar refractivity (Wildman–Crippen MR) is 107 cm³/mol. The molecule has 0 saturated carbocycles. The molecule has 0 bridgehead atoms. The normalized spacial score (nSPS) is 18.6. The van der Waals surface area contributed by atoms with Crippen molar-refractivity contribution >= 4 is 39.3 Å². The van der Waals surface area contributed by atoms with Crippen molar-refractivity contribution in [3.63, 3.8) is 0 Å². The smallest absolute Gasteiger partial charge is 0.404 e. The number of halogens is 3. The molecule has 1 atom stereocenters. The standard InChI is InChI=1S/C20H14F3N3O7S/c21-20(22,23)33-14-3-1-2-4-15(14)34(31,32)25-10-5-6-11-12(9-10)19(30)26(18(11)29)13-7-8-16(27)24-17(13)28/h1-6,9,13,25H,7-8H2,(H,24,27,28). The van der Waals surface area contributed by atoms with Crippen LogP contribution in [0.5, 0.6) is 5.75 Å². The summed E-state index contributed by atoms with van der Waals surface area (Å²) in [5.74, 6) is -3.99. The summed E-state index contributed by atoms with van der Waals surface area (Å²) in [6.45, 7) is 0. The van der Waals surface area contributed by atoms with Crippen molar-refractivity contribution in [3.8, 4) is 5.75 Å². The van der Waals surface area contributed by atoms with Crippen LogP contribution < -0.4 is 14.8 Å². The Morgan fingerprint density at radius 2 is 1.68 bits per heavy atom. The van der Waals surface area contributed by atoms with Crippen LogP contribution in [-0.2, 0) is 19.6 Å². The Hall–Kier alpha value is -3.94. The number of alkyl halides is 3. The first-order chi connectivity index (χ1) is 15.9. The number of ether oxygens (including phenoxy) is 1. The summed E-state index contributed by atoms with van der Waals surface area (Å²) in [4.78, 5) is 48.9. The molecule has 0 aromatic heterocycles. The molecule has 2 heterocycles. The minimum absolute atomic E-state index is 0.0639. The molecule has 178 valence electrons. The number of hydrogen-bond acceptors (Lipinski definition) is 7. The van der Waals surface area contributed by atoms with Crippen LogP contribution in [0.4, 0.5) is 18.9 Å². The van der Waals surface area contributed by atoms with Crippen LogP contribution in [-0.4, -0.2) is 49.4 Å². The molecule has 4 rings (SSSR count). The minimum Gasteiger partial charge on any atom is -0.404 e. The van der Waals surface area contributed by atoms with Gasteiger partial charge in [-0.15, -0.1) is 13.2 Å². The number of anilines is 1. The zero-order valence-corrected chi connectivity index (χ0v) is 17.7. The van der Waals surface area contributed by atoms with E-state index in [1.165, 1.54) is 6.07 Å². The number of sulfonamides is 1. The molecular formula is C20H14F3N3O7S. The molecule has 1 unspecified atom stereocenters. The fraction of sp³-hybridized carbons (Fsp3) is 0.200. The van der Waals surface area contributed by atoms with Crippen molar-refractivity contribution in [1.82, 2.24) is 10.2 Å². The van der Waals surface area contributed by atoms with Gasteiger partial charge in [0.15, 0.2) is 0 Å². The number of para-hydroxylation sites is 1. The summed E-state index contributed by atoms with van der Waals surface area (Å²) < 4.78 is 69.2. The lowest BCUT2D eigenvalue weighted by atomic mass is 10.0. The zero-order valence-electron chi connectivity index (χ0n) is 16.9. The number of rotatable bonds is 5. The number of fused-ring (bicyclic) bond motifs is 1. The summed E-state index contributed by atoms with van der Waals surface area (Å²) in [5, 5.41) is 2.05. The highest BCUT2D eigenvalue weighted by Gasteiger charge is 2.44.